The Hall–Kier alpha value is -3.90. The average molecular weight is 429 g/mol. The minimum Gasteiger partial charge on any atom is -0.487 e. The van der Waals surface area contributed by atoms with Crippen molar-refractivity contribution in [2.45, 2.75) is 6.61 Å². The summed E-state index contributed by atoms with van der Waals surface area (Å²) in [4.78, 5) is 21.8. The van der Waals surface area contributed by atoms with E-state index in [0.29, 0.717) is 34.1 Å². The highest BCUT2D eigenvalue weighted by Crippen LogP contribution is 2.24. The first-order valence-corrected chi connectivity index (χ1v) is 10.0. The number of aromatic nitrogens is 3. The largest absolute Gasteiger partial charge is 0.487 e. The van der Waals surface area contributed by atoms with Crippen LogP contribution in [0.4, 0.5) is 5.69 Å². The van der Waals surface area contributed by atoms with E-state index in [4.69, 9.17) is 16.3 Å². The van der Waals surface area contributed by atoms with E-state index in [2.05, 4.69) is 15.3 Å². The van der Waals surface area contributed by atoms with Crippen molar-refractivity contribution in [2.75, 3.05) is 5.32 Å². The van der Waals surface area contributed by atoms with Crippen molar-refractivity contribution in [3.05, 3.63) is 102 Å². The molecule has 0 saturated carbocycles. The Kier molecular flexibility index (Phi) is 4.98. The molecule has 0 spiro atoms. The van der Waals surface area contributed by atoms with Gasteiger partial charge in [0.1, 0.15) is 18.0 Å². The lowest BCUT2D eigenvalue weighted by Crippen LogP contribution is -2.13. The molecular weight excluding hydrogens is 412 g/mol. The van der Waals surface area contributed by atoms with Gasteiger partial charge in [0.25, 0.3) is 5.91 Å². The summed E-state index contributed by atoms with van der Waals surface area (Å²) in [7, 11) is 0. The number of nitrogens with one attached hydrogen (secondary N) is 1. The molecule has 0 saturated heterocycles. The first-order chi connectivity index (χ1) is 15.2. The number of benzene rings is 2. The number of nitrogens with zero attached hydrogens (tertiary/aromatic N) is 3. The lowest BCUT2D eigenvalue weighted by molar-refractivity contribution is 0.102. The maximum Gasteiger partial charge on any atom is 0.257 e. The van der Waals surface area contributed by atoms with Crippen molar-refractivity contribution >= 4 is 39.7 Å². The zero-order valence-corrected chi connectivity index (χ0v) is 17.1. The van der Waals surface area contributed by atoms with Crippen LogP contribution in [0.5, 0.6) is 5.75 Å². The zero-order chi connectivity index (χ0) is 21.2. The summed E-state index contributed by atoms with van der Waals surface area (Å²) >= 11 is 6.19. The first kappa shape index (κ1) is 19.1. The minimum atomic E-state index is -0.288. The van der Waals surface area contributed by atoms with E-state index in [1.807, 2.05) is 59.3 Å². The zero-order valence-electron chi connectivity index (χ0n) is 16.3. The third-order valence-corrected chi connectivity index (χ3v) is 5.03. The van der Waals surface area contributed by atoms with Crippen molar-refractivity contribution < 1.29 is 9.53 Å². The maximum absolute atomic E-state index is 12.9. The average Bonchev–Trinajstić information content (AvgIpc) is 3.20. The van der Waals surface area contributed by atoms with Gasteiger partial charge in [0.05, 0.1) is 16.8 Å². The fourth-order valence-electron chi connectivity index (χ4n) is 3.40. The van der Waals surface area contributed by atoms with E-state index in [-0.39, 0.29) is 5.91 Å². The number of ether oxygens (including phenoxy) is 1. The summed E-state index contributed by atoms with van der Waals surface area (Å²) in [5.74, 6) is 0.340. The molecule has 0 unspecified atom stereocenters. The molecule has 3 heterocycles. The van der Waals surface area contributed by atoms with E-state index in [9.17, 15) is 4.79 Å². The predicted octanol–water partition coefficient (Wildman–Crippen LogP) is 5.37. The highest BCUT2D eigenvalue weighted by Gasteiger charge is 2.13. The lowest BCUT2D eigenvalue weighted by Gasteiger charge is -2.10. The summed E-state index contributed by atoms with van der Waals surface area (Å²) in [6.45, 7) is 0.321. The Bertz CT molecular complexity index is 1380. The minimum absolute atomic E-state index is 0.288. The second-order valence-electron chi connectivity index (χ2n) is 7.00. The molecule has 152 valence electrons. The lowest BCUT2D eigenvalue weighted by atomic mass is 10.1. The van der Waals surface area contributed by atoms with Gasteiger partial charge in [-0.1, -0.05) is 29.8 Å². The van der Waals surface area contributed by atoms with E-state index in [1.165, 1.54) is 0 Å². The molecule has 5 rings (SSSR count). The number of hydrogen-bond donors (Lipinski definition) is 1. The van der Waals surface area contributed by atoms with Crippen LogP contribution in [0.3, 0.4) is 0 Å². The SMILES string of the molecule is O=C(Nc1cccc(OCc2cn3ccccc3n2)c1)c1cc(Cl)cc2cccnc12. The van der Waals surface area contributed by atoms with Crippen LogP contribution in [0.15, 0.2) is 85.3 Å². The number of pyridine rings is 2. The van der Waals surface area contributed by atoms with E-state index in [0.717, 1.165) is 16.7 Å². The van der Waals surface area contributed by atoms with Gasteiger partial charge in [0.15, 0.2) is 0 Å². The molecule has 6 nitrogen and oxygen atoms in total. The van der Waals surface area contributed by atoms with Crippen LogP contribution < -0.4 is 10.1 Å². The molecule has 0 fully saturated rings. The Balaban J connectivity index is 1.33. The van der Waals surface area contributed by atoms with Crippen LogP contribution in [0, 0.1) is 0 Å². The van der Waals surface area contributed by atoms with E-state index < -0.39 is 0 Å². The third kappa shape index (κ3) is 4.06. The number of imidazole rings is 1. The van der Waals surface area contributed by atoms with Crippen molar-refractivity contribution in [1.82, 2.24) is 14.4 Å². The molecule has 0 aliphatic heterocycles. The number of hydrogen-bond acceptors (Lipinski definition) is 4. The fourth-order valence-corrected chi connectivity index (χ4v) is 3.63. The molecule has 5 aromatic rings. The molecule has 1 amide bonds. The quantitative estimate of drug-likeness (QED) is 0.408. The molecule has 0 bridgehead atoms. The molecule has 0 aliphatic rings. The monoisotopic (exact) mass is 428 g/mol. The van der Waals surface area contributed by atoms with Crippen LogP contribution in [0.25, 0.3) is 16.6 Å². The van der Waals surface area contributed by atoms with Crippen LogP contribution in [-0.2, 0) is 6.61 Å². The number of anilines is 1. The van der Waals surface area contributed by atoms with Crippen molar-refractivity contribution in [2.24, 2.45) is 0 Å². The molecule has 2 aromatic carbocycles. The number of rotatable bonds is 5. The second-order valence-corrected chi connectivity index (χ2v) is 7.43. The van der Waals surface area contributed by atoms with Gasteiger partial charge < -0.3 is 14.5 Å². The maximum atomic E-state index is 12.9. The standard InChI is InChI=1S/C24H17ClN4O2/c25-17-11-16-5-4-9-26-23(16)21(12-17)24(30)28-18-6-3-7-20(13-18)31-15-19-14-29-10-2-1-8-22(29)27-19/h1-14H,15H2,(H,28,30). The topological polar surface area (TPSA) is 68.5 Å². The Labute approximate surface area is 183 Å². The van der Waals surface area contributed by atoms with Crippen LogP contribution in [-0.4, -0.2) is 20.3 Å². The molecule has 0 atom stereocenters. The summed E-state index contributed by atoms with van der Waals surface area (Å²) in [6, 6.07) is 20.2. The summed E-state index contributed by atoms with van der Waals surface area (Å²) in [6.07, 6.45) is 5.52. The van der Waals surface area contributed by atoms with E-state index >= 15 is 0 Å². The number of halogens is 1. The van der Waals surface area contributed by atoms with Crippen LogP contribution in [0.1, 0.15) is 16.1 Å². The van der Waals surface area contributed by atoms with Gasteiger partial charge >= 0.3 is 0 Å². The van der Waals surface area contributed by atoms with Gasteiger partial charge in [-0.3, -0.25) is 9.78 Å². The molecule has 0 aliphatic carbocycles. The summed E-state index contributed by atoms with van der Waals surface area (Å²) < 4.78 is 7.82. The van der Waals surface area contributed by atoms with Gasteiger partial charge in [-0.15, -0.1) is 0 Å². The van der Waals surface area contributed by atoms with Gasteiger partial charge in [-0.2, -0.15) is 0 Å². The van der Waals surface area contributed by atoms with Crippen molar-refractivity contribution in [1.29, 1.82) is 0 Å². The Morgan fingerprint density at radius 2 is 2.00 bits per heavy atom. The summed E-state index contributed by atoms with van der Waals surface area (Å²) in [5, 5.41) is 4.19. The van der Waals surface area contributed by atoms with Crippen LogP contribution in [0.2, 0.25) is 5.02 Å². The molecule has 1 N–H and O–H groups in total. The van der Waals surface area contributed by atoms with Gasteiger partial charge in [-0.25, -0.2) is 4.98 Å². The van der Waals surface area contributed by atoms with E-state index in [1.54, 1.807) is 30.5 Å². The van der Waals surface area contributed by atoms with Crippen LogP contribution >= 0.6 is 11.6 Å². The number of carbonyl (C=O) groups is 1. The molecule has 31 heavy (non-hydrogen) atoms. The fraction of sp³-hybridized carbons (Fsp3) is 0.0417. The second kappa shape index (κ2) is 8.08. The number of amides is 1. The highest BCUT2D eigenvalue weighted by molar-refractivity contribution is 6.32. The van der Waals surface area contributed by atoms with Gasteiger partial charge in [0.2, 0.25) is 0 Å². The highest BCUT2D eigenvalue weighted by atomic mass is 35.5. The Morgan fingerprint density at radius 3 is 2.90 bits per heavy atom. The molecular formula is C24H17ClN4O2. The first-order valence-electron chi connectivity index (χ1n) is 9.67. The normalized spacial score (nSPS) is 11.0. The molecule has 0 radical (unpaired) electrons. The third-order valence-electron chi connectivity index (χ3n) is 4.81. The number of fused-ring (bicyclic) bond motifs is 2. The summed E-state index contributed by atoms with van der Waals surface area (Å²) in [5.41, 5.74) is 3.31. The Morgan fingerprint density at radius 1 is 1.06 bits per heavy atom. The molecule has 7 heteroatoms. The smallest absolute Gasteiger partial charge is 0.257 e. The number of carbonyl (C=O) groups excluding carboxylic acids is 1. The van der Waals surface area contributed by atoms with Gasteiger partial charge in [0, 0.05) is 40.8 Å². The van der Waals surface area contributed by atoms with Crippen molar-refractivity contribution in [3.63, 3.8) is 0 Å². The molecule has 3 aromatic heterocycles. The predicted molar refractivity (Wildman–Crippen MR) is 121 cm³/mol. The van der Waals surface area contributed by atoms with Crippen molar-refractivity contribution in [3.8, 4) is 5.75 Å². The van der Waals surface area contributed by atoms with Gasteiger partial charge in [-0.05, 0) is 42.5 Å².